The molecule has 6 atom stereocenters. The van der Waals surface area contributed by atoms with Crippen molar-refractivity contribution in [2.24, 2.45) is 0 Å². The summed E-state index contributed by atoms with van der Waals surface area (Å²) in [5.74, 6) is 0. The number of hydrogen-bond acceptors (Lipinski definition) is 8. The van der Waals surface area contributed by atoms with Gasteiger partial charge in [-0.2, -0.15) is 0 Å². The summed E-state index contributed by atoms with van der Waals surface area (Å²) in [5, 5.41) is 20.7. The summed E-state index contributed by atoms with van der Waals surface area (Å²) in [4.78, 5) is 0. The van der Waals surface area contributed by atoms with Gasteiger partial charge in [0.1, 0.15) is 17.8 Å². The molecule has 2 bridgehead atoms. The zero-order valence-electron chi connectivity index (χ0n) is 14.7. The van der Waals surface area contributed by atoms with Gasteiger partial charge >= 0.3 is 0 Å². The van der Waals surface area contributed by atoms with E-state index in [9.17, 15) is 14.4 Å². The zero-order valence-corrected chi connectivity index (χ0v) is 15.5. The van der Waals surface area contributed by atoms with Crippen LogP contribution in [-0.2, 0) is 34.7 Å². The van der Waals surface area contributed by atoms with Gasteiger partial charge in [-0.05, 0) is 6.42 Å². The molecule has 0 radical (unpaired) electrons. The lowest BCUT2D eigenvalue weighted by molar-refractivity contribution is -0.235. The van der Waals surface area contributed by atoms with Crippen LogP contribution in [0, 0.1) is 0 Å². The lowest BCUT2D eigenvalue weighted by Gasteiger charge is -2.42. The third-order valence-corrected chi connectivity index (χ3v) is 4.71. The number of fused-ring (bicyclic) bond motifs is 2. The fourth-order valence-electron chi connectivity index (χ4n) is 2.83. The molecular formula is C15H29NO8S. The van der Waals surface area contributed by atoms with E-state index in [1.165, 1.54) is 6.26 Å². The van der Waals surface area contributed by atoms with Crippen molar-refractivity contribution >= 4 is 11.0 Å². The van der Waals surface area contributed by atoms with E-state index in [-0.39, 0.29) is 13.2 Å². The van der Waals surface area contributed by atoms with E-state index >= 15 is 0 Å². The van der Waals surface area contributed by atoms with Crippen LogP contribution in [-0.4, -0.2) is 97.1 Å². The topological polar surface area (TPSA) is 116 Å². The lowest BCUT2D eigenvalue weighted by atomic mass is 9.89. The molecule has 25 heavy (non-hydrogen) atoms. The van der Waals surface area contributed by atoms with Crippen LogP contribution in [0.2, 0.25) is 0 Å². The maximum Gasteiger partial charge on any atom is 0.177 e. The van der Waals surface area contributed by atoms with E-state index in [4.69, 9.17) is 23.7 Å². The van der Waals surface area contributed by atoms with Crippen molar-refractivity contribution in [3.8, 4) is 0 Å². The Morgan fingerprint density at radius 1 is 1.16 bits per heavy atom. The molecule has 2 fully saturated rings. The second-order valence-corrected chi connectivity index (χ2v) is 7.32. The predicted octanol–water partition coefficient (Wildman–Crippen LogP) is -1.45. The Hall–Kier alpha value is -0.170. The summed E-state index contributed by atoms with van der Waals surface area (Å²) in [6, 6.07) is -0.761. The van der Waals surface area contributed by atoms with Crippen molar-refractivity contribution in [1.29, 1.82) is 0 Å². The number of aliphatic hydroxyl groups is 2. The van der Waals surface area contributed by atoms with Gasteiger partial charge in [-0.25, -0.2) is 8.93 Å². The van der Waals surface area contributed by atoms with Crippen molar-refractivity contribution in [1.82, 2.24) is 4.72 Å². The average Bonchev–Trinajstić information content (AvgIpc) is 2.98. The van der Waals surface area contributed by atoms with Gasteiger partial charge in [-0.15, -0.1) is 0 Å². The van der Waals surface area contributed by atoms with Crippen molar-refractivity contribution < 1.29 is 38.1 Å². The van der Waals surface area contributed by atoms with E-state index in [1.54, 1.807) is 0 Å². The Morgan fingerprint density at radius 3 is 2.44 bits per heavy atom. The SMILES string of the molecule is CCCOCCOCCOC[C@@]12CO[C@@H](O1)[C@H](NS(C)=O)[C@@H](O)[C@H]2O. The van der Waals surface area contributed by atoms with Gasteiger partial charge in [0, 0.05) is 12.9 Å². The quantitative estimate of drug-likeness (QED) is 0.351. The van der Waals surface area contributed by atoms with Gasteiger partial charge in [0.2, 0.25) is 0 Å². The Labute approximate surface area is 150 Å². The number of ether oxygens (including phenoxy) is 5. The Morgan fingerprint density at radius 2 is 1.80 bits per heavy atom. The summed E-state index contributed by atoms with van der Waals surface area (Å²) < 4.78 is 41.4. The molecule has 2 saturated heterocycles. The second-order valence-electron chi connectivity index (χ2n) is 6.17. The monoisotopic (exact) mass is 383 g/mol. The number of rotatable bonds is 12. The van der Waals surface area contributed by atoms with Crippen molar-refractivity contribution in [2.75, 3.05) is 52.5 Å². The molecule has 2 rings (SSSR count). The third-order valence-electron chi connectivity index (χ3n) is 4.11. The summed E-state index contributed by atoms with van der Waals surface area (Å²) in [7, 11) is -1.37. The van der Waals surface area contributed by atoms with Crippen LogP contribution in [0.25, 0.3) is 0 Å². The van der Waals surface area contributed by atoms with Crippen LogP contribution in [0.3, 0.4) is 0 Å². The van der Waals surface area contributed by atoms with E-state index in [2.05, 4.69) is 4.72 Å². The van der Waals surface area contributed by atoms with E-state index in [1.807, 2.05) is 6.92 Å². The molecule has 0 amide bonds. The van der Waals surface area contributed by atoms with Gasteiger partial charge in [0.25, 0.3) is 0 Å². The van der Waals surface area contributed by atoms with E-state index in [0.29, 0.717) is 26.4 Å². The first-order valence-electron chi connectivity index (χ1n) is 8.48. The molecule has 2 aliphatic heterocycles. The maximum absolute atomic E-state index is 11.3. The first-order chi connectivity index (χ1) is 12.0. The summed E-state index contributed by atoms with van der Waals surface area (Å²) in [6.07, 6.45) is -0.742. The number of aliphatic hydroxyl groups excluding tert-OH is 2. The minimum atomic E-state index is -1.37. The van der Waals surface area contributed by atoms with Crippen LogP contribution >= 0.6 is 0 Å². The normalized spacial score (nSPS) is 35.8. The summed E-state index contributed by atoms with van der Waals surface area (Å²) >= 11 is 0. The average molecular weight is 383 g/mol. The molecule has 0 saturated carbocycles. The van der Waals surface area contributed by atoms with Crippen LogP contribution in [0.5, 0.6) is 0 Å². The fourth-order valence-corrected chi connectivity index (χ4v) is 3.46. The van der Waals surface area contributed by atoms with E-state index in [0.717, 1.165) is 13.0 Å². The molecule has 3 N–H and O–H groups in total. The fraction of sp³-hybridized carbons (Fsp3) is 1.00. The van der Waals surface area contributed by atoms with Crippen LogP contribution in [0.15, 0.2) is 0 Å². The van der Waals surface area contributed by atoms with Gasteiger partial charge in [-0.1, -0.05) is 6.92 Å². The summed E-state index contributed by atoms with van der Waals surface area (Å²) in [5.41, 5.74) is -1.12. The van der Waals surface area contributed by atoms with Crippen molar-refractivity contribution in [3.63, 3.8) is 0 Å². The highest BCUT2D eigenvalue weighted by atomic mass is 32.2. The smallest absolute Gasteiger partial charge is 0.177 e. The second kappa shape index (κ2) is 10.2. The van der Waals surface area contributed by atoms with Gasteiger partial charge in [-0.3, -0.25) is 0 Å². The first kappa shape index (κ1) is 21.1. The van der Waals surface area contributed by atoms with Crippen LogP contribution in [0.4, 0.5) is 0 Å². The zero-order chi connectivity index (χ0) is 18.3. The van der Waals surface area contributed by atoms with Crippen molar-refractivity contribution in [2.45, 2.75) is 43.5 Å². The molecule has 148 valence electrons. The first-order valence-corrected chi connectivity index (χ1v) is 10.0. The summed E-state index contributed by atoms with van der Waals surface area (Å²) in [6.45, 7) is 4.70. The van der Waals surface area contributed by atoms with Gasteiger partial charge in [0.05, 0.1) is 56.7 Å². The maximum atomic E-state index is 11.3. The standard InChI is InChI=1S/C15H29NO8S/c1-3-4-20-5-6-21-7-8-22-9-15-10-23-14(24-15)11(16-25(2)19)12(17)13(15)18/h11-14,16-18H,3-10H2,1-2H3/t11-,12-,13-,14+,15+,25?/m1/s1. The molecule has 0 aromatic heterocycles. The largest absolute Gasteiger partial charge is 0.388 e. The highest BCUT2D eigenvalue weighted by Gasteiger charge is 2.59. The number of nitrogens with one attached hydrogen (secondary N) is 1. The molecule has 0 aromatic carbocycles. The minimum Gasteiger partial charge on any atom is -0.388 e. The Kier molecular flexibility index (Phi) is 8.65. The highest BCUT2D eigenvalue weighted by Crippen LogP contribution is 2.37. The molecular weight excluding hydrogens is 354 g/mol. The molecule has 2 heterocycles. The molecule has 0 spiro atoms. The Bertz CT molecular complexity index is 428. The highest BCUT2D eigenvalue weighted by molar-refractivity contribution is 7.82. The van der Waals surface area contributed by atoms with Crippen LogP contribution < -0.4 is 4.72 Å². The molecule has 0 aromatic rings. The van der Waals surface area contributed by atoms with Crippen molar-refractivity contribution in [3.05, 3.63) is 0 Å². The third kappa shape index (κ3) is 5.65. The molecule has 10 heteroatoms. The van der Waals surface area contributed by atoms with E-state index < -0.39 is 41.1 Å². The minimum absolute atomic E-state index is 0.0688. The molecule has 0 aliphatic carbocycles. The number of hydrogen-bond donors (Lipinski definition) is 3. The molecule has 9 nitrogen and oxygen atoms in total. The molecule has 2 aliphatic rings. The predicted molar refractivity (Wildman–Crippen MR) is 89.3 cm³/mol. The Balaban J connectivity index is 1.69. The van der Waals surface area contributed by atoms with Gasteiger partial charge in [0.15, 0.2) is 6.29 Å². The molecule has 1 unspecified atom stereocenters. The lowest BCUT2D eigenvalue weighted by Crippen LogP contribution is -2.66. The van der Waals surface area contributed by atoms with Gasteiger partial charge < -0.3 is 33.9 Å². The van der Waals surface area contributed by atoms with Crippen LogP contribution in [0.1, 0.15) is 13.3 Å².